The second kappa shape index (κ2) is 5.10. The highest BCUT2D eigenvalue weighted by atomic mass is 16.3. The Bertz CT molecular complexity index is 171. The Hall–Kier alpha value is -0.120. The molecule has 1 rings (SSSR count). The zero-order chi connectivity index (χ0) is 10.7. The summed E-state index contributed by atoms with van der Waals surface area (Å²) in [4.78, 5) is 4.65. The number of β-amino-alcohol motifs (C(OH)–C–C–N with tert-alkyl or cyclic N) is 1. The molecule has 2 atom stereocenters. The topological polar surface area (TPSA) is 26.7 Å². The van der Waals surface area contributed by atoms with Crippen molar-refractivity contribution in [2.75, 3.05) is 33.7 Å². The van der Waals surface area contributed by atoms with Crippen LogP contribution in [0.15, 0.2) is 0 Å². The van der Waals surface area contributed by atoms with E-state index in [4.69, 9.17) is 0 Å². The number of hydrogen-bond acceptors (Lipinski definition) is 3. The average molecular weight is 200 g/mol. The van der Waals surface area contributed by atoms with E-state index in [0.29, 0.717) is 12.0 Å². The maximum absolute atomic E-state index is 9.76. The van der Waals surface area contributed by atoms with Crippen LogP contribution in [0.4, 0.5) is 0 Å². The molecule has 0 spiro atoms. The molecule has 0 radical (unpaired) electrons. The molecule has 0 bridgehead atoms. The van der Waals surface area contributed by atoms with E-state index < -0.39 is 0 Å². The summed E-state index contributed by atoms with van der Waals surface area (Å²) in [5, 5.41) is 9.76. The van der Waals surface area contributed by atoms with Crippen molar-refractivity contribution in [3.8, 4) is 0 Å². The van der Waals surface area contributed by atoms with E-state index in [1.54, 1.807) is 0 Å². The van der Waals surface area contributed by atoms with E-state index in [9.17, 15) is 5.11 Å². The molecule has 0 saturated carbocycles. The number of hydrogen-bond donors (Lipinski definition) is 1. The molecule has 0 aromatic carbocycles. The molecule has 3 heteroatoms. The van der Waals surface area contributed by atoms with Crippen molar-refractivity contribution in [3.05, 3.63) is 0 Å². The first-order valence-electron chi connectivity index (χ1n) is 5.57. The smallest absolute Gasteiger partial charge is 0.0689 e. The van der Waals surface area contributed by atoms with Crippen LogP contribution in [0.5, 0.6) is 0 Å². The van der Waals surface area contributed by atoms with E-state index in [1.807, 2.05) is 0 Å². The molecule has 84 valence electrons. The predicted molar refractivity (Wildman–Crippen MR) is 59.4 cm³/mol. The molecule has 0 aromatic heterocycles. The van der Waals surface area contributed by atoms with Gasteiger partial charge in [-0.3, -0.25) is 4.90 Å². The third kappa shape index (κ3) is 3.23. The Morgan fingerprint density at radius 2 is 2.07 bits per heavy atom. The maximum Gasteiger partial charge on any atom is 0.0689 e. The fraction of sp³-hybridized carbons (Fsp3) is 1.00. The Balaban J connectivity index is 2.29. The Kier molecular flexibility index (Phi) is 4.35. The van der Waals surface area contributed by atoms with Crippen LogP contribution in [-0.4, -0.2) is 60.8 Å². The Morgan fingerprint density at radius 1 is 1.43 bits per heavy atom. The molecule has 2 unspecified atom stereocenters. The highest BCUT2D eigenvalue weighted by Crippen LogP contribution is 2.14. The van der Waals surface area contributed by atoms with Crippen molar-refractivity contribution in [1.82, 2.24) is 9.80 Å². The van der Waals surface area contributed by atoms with Crippen LogP contribution < -0.4 is 0 Å². The fourth-order valence-electron chi connectivity index (χ4n) is 1.87. The standard InChI is InChI=1S/C11H24N2O/c1-9(2)11(14)8-13-6-5-10(7-13)12(3)4/h9-11,14H,5-8H2,1-4H3. The molecule has 0 aromatic rings. The van der Waals surface area contributed by atoms with Crippen molar-refractivity contribution >= 4 is 0 Å². The first-order chi connectivity index (χ1) is 6.50. The summed E-state index contributed by atoms with van der Waals surface area (Å²) in [6, 6.07) is 0.675. The van der Waals surface area contributed by atoms with Gasteiger partial charge >= 0.3 is 0 Å². The lowest BCUT2D eigenvalue weighted by molar-refractivity contribution is 0.0831. The maximum atomic E-state index is 9.76. The van der Waals surface area contributed by atoms with Crippen LogP contribution in [0.1, 0.15) is 20.3 Å². The molecule has 0 amide bonds. The van der Waals surface area contributed by atoms with Crippen molar-refractivity contribution in [1.29, 1.82) is 0 Å². The zero-order valence-corrected chi connectivity index (χ0v) is 9.90. The molecule has 1 fully saturated rings. The Morgan fingerprint density at radius 3 is 2.50 bits per heavy atom. The molecular weight excluding hydrogens is 176 g/mol. The summed E-state index contributed by atoms with van der Waals surface area (Å²) >= 11 is 0. The quantitative estimate of drug-likeness (QED) is 0.721. The minimum Gasteiger partial charge on any atom is -0.392 e. The van der Waals surface area contributed by atoms with Crippen molar-refractivity contribution in [2.45, 2.75) is 32.4 Å². The highest BCUT2D eigenvalue weighted by Gasteiger charge is 2.25. The number of aliphatic hydroxyl groups excluding tert-OH is 1. The van der Waals surface area contributed by atoms with Crippen LogP contribution in [0.3, 0.4) is 0 Å². The van der Waals surface area contributed by atoms with Gasteiger partial charge in [-0.1, -0.05) is 13.8 Å². The second-order valence-corrected chi connectivity index (χ2v) is 4.98. The minimum atomic E-state index is -0.170. The van der Waals surface area contributed by atoms with Crippen LogP contribution in [0.25, 0.3) is 0 Å². The largest absolute Gasteiger partial charge is 0.392 e. The van der Waals surface area contributed by atoms with Crippen LogP contribution in [0.2, 0.25) is 0 Å². The summed E-state index contributed by atoms with van der Waals surface area (Å²) in [6.45, 7) is 7.22. The molecule has 3 nitrogen and oxygen atoms in total. The SMILES string of the molecule is CC(C)C(O)CN1CCC(N(C)C)C1. The number of aliphatic hydroxyl groups is 1. The molecule has 14 heavy (non-hydrogen) atoms. The van der Waals surface area contributed by atoms with E-state index in [1.165, 1.54) is 6.42 Å². The van der Waals surface area contributed by atoms with Gasteiger partial charge in [0.25, 0.3) is 0 Å². The van der Waals surface area contributed by atoms with Crippen molar-refractivity contribution in [2.24, 2.45) is 5.92 Å². The van der Waals surface area contributed by atoms with E-state index in [-0.39, 0.29) is 6.10 Å². The van der Waals surface area contributed by atoms with Gasteiger partial charge in [-0.15, -0.1) is 0 Å². The van der Waals surface area contributed by atoms with E-state index >= 15 is 0 Å². The van der Waals surface area contributed by atoms with Gasteiger partial charge in [0.1, 0.15) is 0 Å². The first-order valence-corrected chi connectivity index (χ1v) is 5.57. The van der Waals surface area contributed by atoms with Gasteiger partial charge in [0, 0.05) is 19.1 Å². The van der Waals surface area contributed by atoms with Gasteiger partial charge < -0.3 is 10.0 Å². The molecule has 1 N–H and O–H groups in total. The minimum absolute atomic E-state index is 0.170. The van der Waals surface area contributed by atoms with Crippen molar-refractivity contribution in [3.63, 3.8) is 0 Å². The second-order valence-electron chi connectivity index (χ2n) is 4.98. The number of likely N-dealkylation sites (tertiary alicyclic amines) is 1. The van der Waals surface area contributed by atoms with Gasteiger partial charge in [0.15, 0.2) is 0 Å². The summed E-state index contributed by atoms with van der Waals surface area (Å²) < 4.78 is 0. The fourth-order valence-corrected chi connectivity index (χ4v) is 1.87. The zero-order valence-electron chi connectivity index (χ0n) is 9.90. The summed E-state index contributed by atoms with van der Waals surface area (Å²) in [5.74, 6) is 0.369. The summed E-state index contributed by atoms with van der Waals surface area (Å²) in [7, 11) is 4.26. The Labute approximate surface area is 87.7 Å². The lowest BCUT2D eigenvalue weighted by Crippen LogP contribution is -2.36. The van der Waals surface area contributed by atoms with Gasteiger partial charge in [-0.05, 0) is 33.0 Å². The van der Waals surface area contributed by atoms with Gasteiger partial charge in [0.05, 0.1) is 6.10 Å². The number of likely N-dealkylation sites (N-methyl/N-ethyl adjacent to an activating group) is 1. The average Bonchev–Trinajstić information content (AvgIpc) is 2.52. The first kappa shape index (κ1) is 12.0. The summed E-state index contributed by atoms with van der Waals surface area (Å²) in [6.07, 6.45) is 1.06. The molecule has 0 aliphatic carbocycles. The third-order valence-corrected chi connectivity index (χ3v) is 3.19. The van der Waals surface area contributed by atoms with Crippen LogP contribution in [0, 0.1) is 5.92 Å². The lowest BCUT2D eigenvalue weighted by Gasteiger charge is -2.23. The van der Waals surface area contributed by atoms with Crippen molar-refractivity contribution < 1.29 is 5.11 Å². The monoisotopic (exact) mass is 200 g/mol. The normalized spacial score (nSPS) is 26.4. The highest BCUT2D eigenvalue weighted by molar-refractivity contribution is 4.82. The van der Waals surface area contributed by atoms with E-state index in [2.05, 4.69) is 37.7 Å². The molecule has 1 aliphatic rings. The lowest BCUT2D eigenvalue weighted by atomic mass is 10.1. The summed E-state index contributed by atoms with van der Waals surface area (Å²) in [5.41, 5.74) is 0. The molecular formula is C11H24N2O. The van der Waals surface area contributed by atoms with Crippen LogP contribution >= 0.6 is 0 Å². The van der Waals surface area contributed by atoms with E-state index in [0.717, 1.165) is 19.6 Å². The molecule has 1 heterocycles. The molecule has 1 saturated heterocycles. The predicted octanol–water partition coefficient (Wildman–Crippen LogP) is 0.639. The third-order valence-electron chi connectivity index (χ3n) is 3.19. The number of rotatable bonds is 4. The molecule has 1 aliphatic heterocycles. The number of nitrogens with zero attached hydrogens (tertiary/aromatic N) is 2. The van der Waals surface area contributed by atoms with Gasteiger partial charge in [-0.2, -0.15) is 0 Å². The van der Waals surface area contributed by atoms with Gasteiger partial charge in [-0.25, -0.2) is 0 Å². The van der Waals surface area contributed by atoms with Crippen LogP contribution in [-0.2, 0) is 0 Å². The van der Waals surface area contributed by atoms with Gasteiger partial charge in [0.2, 0.25) is 0 Å².